The van der Waals surface area contributed by atoms with Crippen LogP contribution in [0.3, 0.4) is 0 Å². The van der Waals surface area contributed by atoms with Crippen molar-refractivity contribution in [2.75, 3.05) is 7.11 Å². The Kier molecular flexibility index (Phi) is 4.98. The summed E-state index contributed by atoms with van der Waals surface area (Å²) in [6.45, 7) is 0.367. The normalized spacial score (nSPS) is 24.0. The van der Waals surface area contributed by atoms with Gasteiger partial charge in [-0.15, -0.1) is 0 Å². The molecule has 1 fully saturated rings. The van der Waals surface area contributed by atoms with E-state index in [-0.39, 0.29) is 19.6 Å². The van der Waals surface area contributed by atoms with Crippen LogP contribution in [-0.4, -0.2) is 29.5 Å². The summed E-state index contributed by atoms with van der Waals surface area (Å²) in [5.41, 5.74) is 0. The number of aromatic nitrogens is 2. The van der Waals surface area contributed by atoms with Crippen LogP contribution >= 0.6 is 0 Å². The second-order valence-electron chi connectivity index (χ2n) is 4.96. The Morgan fingerprint density at radius 1 is 1.35 bits per heavy atom. The van der Waals surface area contributed by atoms with E-state index >= 15 is 0 Å². The fourth-order valence-electron chi connectivity index (χ4n) is 2.53. The lowest BCUT2D eigenvalue weighted by Gasteiger charge is -2.33. The van der Waals surface area contributed by atoms with Gasteiger partial charge in [-0.25, -0.2) is 0 Å². The van der Waals surface area contributed by atoms with E-state index in [1.807, 2.05) is 0 Å². The average molecular weight is 293 g/mol. The summed E-state index contributed by atoms with van der Waals surface area (Å²) in [6.07, 6.45) is -2.01. The molecular formula is C12H18F3N3O2. The van der Waals surface area contributed by atoms with Crippen molar-refractivity contribution in [3.05, 3.63) is 11.7 Å². The van der Waals surface area contributed by atoms with E-state index in [1.165, 1.54) is 7.11 Å². The van der Waals surface area contributed by atoms with Crippen LogP contribution in [0.1, 0.15) is 37.4 Å². The number of alkyl halides is 3. The zero-order chi connectivity index (χ0) is 14.6. The summed E-state index contributed by atoms with van der Waals surface area (Å²) < 4.78 is 48.5. The molecule has 0 radical (unpaired) electrons. The SMILES string of the molecule is COCc1nc(CN[C@H]2CCCC[C@@H]2C(F)(F)F)no1. The molecule has 0 saturated heterocycles. The maximum atomic E-state index is 12.9. The van der Waals surface area contributed by atoms with Gasteiger partial charge in [0.1, 0.15) is 6.61 Å². The number of nitrogens with one attached hydrogen (secondary N) is 1. The van der Waals surface area contributed by atoms with Gasteiger partial charge in [-0.2, -0.15) is 18.2 Å². The molecule has 20 heavy (non-hydrogen) atoms. The maximum absolute atomic E-state index is 12.9. The van der Waals surface area contributed by atoms with Crippen molar-refractivity contribution < 1.29 is 22.4 Å². The Morgan fingerprint density at radius 2 is 2.10 bits per heavy atom. The van der Waals surface area contributed by atoms with Crippen LogP contribution < -0.4 is 5.32 Å². The van der Waals surface area contributed by atoms with Crippen LogP contribution in [0.5, 0.6) is 0 Å². The lowest BCUT2D eigenvalue weighted by atomic mass is 9.84. The quantitative estimate of drug-likeness (QED) is 0.903. The minimum absolute atomic E-state index is 0.171. The zero-order valence-electron chi connectivity index (χ0n) is 11.2. The Morgan fingerprint density at radius 3 is 2.80 bits per heavy atom. The van der Waals surface area contributed by atoms with Gasteiger partial charge in [-0.1, -0.05) is 18.0 Å². The summed E-state index contributed by atoms with van der Waals surface area (Å²) in [7, 11) is 1.50. The number of methoxy groups -OCH3 is 1. The zero-order valence-corrected chi connectivity index (χ0v) is 11.2. The van der Waals surface area contributed by atoms with E-state index in [0.717, 1.165) is 6.42 Å². The predicted molar refractivity (Wildman–Crippen MR) is 63.7 cm³/mol. The van der Waals surface area contributed by atoms with E-state index in [4.69, 9.17) is 9.26 Å². The number of rotatable bonds is 5. The highest BCUT2D eigenvalue weighted by Gasteiger charge is 2.45. The predicted octanol–water partition coefficient (Wildman–Crippen LogP) is 2.43. The Labute approximate surface area is 114 Å². The molecule has 0 bridgehead atoms. The molecule has 1 N–H and O–H groups in total. The second-order valence-corrected chi connectivity index (χ2v) is 4.96. The average Bonchev–Trinajstić information content (AvgIpc) is 2.84. The largest absolute Gasteiger partial charge is 0.393 e. The van der Waals surface area contributed by atoms with Gasteiger partial charge in [-0.05, 0) is 12.8 Å². The summed E-state index contributed by atoms with van der Waals surface area (Å²) >= 11 is 0. The van der Waals surface area contributed by atoms with Gasteiger partial charge in [0.25, 0.3) is 5.89 Å². The van der Waals surface area contributed by atoms with Gasteiger partial charge in [0.05, 0.1) is 12.5 Å². The standard InChI is InChI=1S/C12H18F3N3O2/c1-19-7-11-17-10(18-20-11)6-16-9-5-3-2-4-8(9)12(13,14)15/h8-9,16H,2-7H2,1H3/t8-,9-/m0/s1. The first kappa shape index (κ1) is 15.2. The van der Waals surface area contributed by atoms with Crippen molar-refractivity contribution in [1.82, 2.24) is 15.5 Å². The number of nitrogens with zero attached hydrogens (tertiary/aromatic N) is 2. The van der Waals surface area contributed by atoms with Crippen LogP contribution in [0.25, 0.3) is 0 Å². The minimum atomic E-state index is -4.16. The third-order valence-electron chi connectivity index (χ3n) is 3.49. The molecule has 1 saturated carbocycles. The molecule has 1 aliphatic carbocycles. The Bertz CT molecular complexity index is 422. The van der Waals surface area contributed by atoms with Crippen LogP contribution in [0.15, 0.2) is 4.52 Å². The van der Waals surface area contributed by atoms with Crippen LogP contribution in [-0.2, 0) is 17.9 Å². The van der Waals surface area contributed by atoms with Crippen LogP contribution in [0, 0.1) is 5.92 Å². The molecule has 0 aliphatic heterocycles. The van der Waals surface area contributed by atoms with E-state index in [0.29, 0.717) is 24.6 Å². The van der Waals surface area contributed by atoms with Crippen molar-refractivity contribution in [1.29, 1.82) is 0 Å². The summed E-state index contributed by atoms with van der Waals surface area (Å²) in [4.78, 5) is 4.03. The highest BCUT2D eigenvalue weighted by molar-refractivity contribution is 4.89. The van der Waals surface area contributed by atoms with Gasteiger partial charge in [0.2, 0.25) is 0 Å². The van der Waals surface area contributed by atoms with E-state index in [9.17, 15) is 13.2 Å². The topological polar surface area (TPSA) is 60.2 Å². The fourth-order valence-corrected chi connectivity index (χ4v) is 2.53. The van der Waals surface area contributed by atoms with Gasteiger partial charge in [0, 0.05) is 13.2 Å². The molecule has 1 heterocycles. The molecule has 114 valence electrons. The Hall–Kier alpha value is -1.15. The van der Waals surface area contributed by atoms with Crippen molar-refractivity contribution >= 4 is 0 Å². The smallest absolute Gasteiger partial charge is 0.375 e. The molecule has 1 aromatic heterocycles. The molecule has 2 rings (SSSR count). The molecule has 0 spiro atoms. The molecule has 0 unspecified atom stereocenters. The first-order chi connectivity index (χ1) is 9.50. The highest BCUT2D eigenvalue weighted by Crippen LogP contribution is 2.37. The molecule has 8 heteroatoms. The molecule has 1 aromatic rings. The lowest BCUT2D eigenvalue weighted by molar-refractivity contribution is -0.189. The summed E-state index contributed by atoms with van der Waals surface area (Å²) in [5, 5.41) is 6.60. The molecule has 0 aromatic carbocycles. The monoisotopic (exact) mass is 293 g/mol. The third-order valence-corrected chi connectivity index (χ3v) is 3.49. The fraction of sp³-hybridized carbons (Fsp3) is 0.833. The van der Waals surface area contributed by atoms with Crippen LogP contribution in [0.2, 0.25) is 0 Å². The number of ether oxygens (including phenoxy) is 1. The second kappa shape index (κ2) is 6.53. The summed E-state index contributed by atoms with van der Waals surface area (Å²) in [5.74, 6) is -0.620. The third kappa shape index (κ3) is 3.92. The number of hydrogen-bond donors (Lipinski definition) is 1. The van der Waals surface area contributed by atoms with Gasteiger partial charge in [0.15, 0.2) is 5.82 Å². The molecule has 1 aliphatic rings. The molecule has 2 atom stereocenters. The van der Waals surface area contributed by atoms with Crippen molar-refractivity contribution in [3.8, 4) is 0 Å². The van der Waals surface area contributed by atoms with E-state index in [2.05, 4.69) is 15.5 Å². The molecule has 0 amide bonds. The van der Waals surface area contributed by atoms with Crippen molar-refractivity contribution in [2.24, 2.45) is 5.92 Å². The Balaban J connectivity index is 1.90. The van der Waals surface area contributed by atoms with Crippen molar-refractivity contribution in [3.63, 3.8) is 0 Å². The number of halogens is 3. The first-order valence-corrected chi connectivity index (χ1v) is 6.61. The first-order valence-electron chi connectivity index (χ1n) is 6.61. The van der Waals surface area contributed by atoms with Crippen molar-refractivity contribution in [2.45, 2.75) is 51.1 Å². The molecule has 5 nitrogen and oxygen atoms in total. The lowest BCUT2D eigenvalue weighted by Crippen LogP contribution is -2.45. The highest BCUT2D eigenvalue weighted by atomic mass is 19.4. The number of hydrogen-bond acceptors (Lipinski definition) is 5. The van der Waals surface area contributed by atoms with Gasteiger partial charge < -0.3 is 14.6 Å². The van der Waals surface area contributed by atoms with E-state index < -0.39 is 18.1 Å². The minimum Gasteiger partial charge on any atom is -0.375 e. The van der Waals surface area contributed by atoms with Gasteiger partial charge in [-0.3, -0.25) is 0 Å². The van der Waals surface area contributed by atoms with Gasteiger partial charge >= 0.3 is 6.18 Å². The molecular weight excluding hydrogens is 275 g/mol. The summed E-state index contributed by atoms with van der Waals surface area (Å²) in [6, 6.07) is -0.576. The van der Waals surface area contributed by atoms with E-state index in [1.54, 1.807) is 0 Å². The van der Waals surface area contributed by atoms with Crippen LogP contribution in [0.4, 0.5) is 13.2 Å². The maximum Gasteiger partial charge on any atom is 0.393 e.